The quantitative estimate of drug-likeness (QED) is 0.414. The average Bonchev–Trinajstić information content (AvgIpc) is 2.80. The molecule has 5 heteroatoms. The van der Waals surface area contributed by atoms with E-state index in [1.54, 1.807) is 11.0 Å². The Bertz CT molecular complexity index is 1100. The monoisotopic (exact) mass is 476 g/mol. The third-order valence-corrected chi connectivity index (χ3v) is 5.87. The predicted molar refractivity (Wildman–Crippen MR) is 139 cm³/mol. The van der Waals surface area contributed by atoms with Gasteiger partial charge >= 0.3 is 0 Å². The normalized spacial score (nSPS) is 11.8. The minimum absolute atomic E-state index is 0.0915. The van der Waals surface area contributed by atoms with Gasteiger partial charge in [0.25, 0.3) is 0 Å². The maximum absolute atomic E-state index is 13.7. The summed E-state index contributed by atoms with van der Waals surface area (Å²) < 4.78 is 0. The Kier molecular flexibility index (Phi) is 9.29. The zero-order chi connectivity index (χ0) is 24.5. The number of carbonyl (C=O) groups is 2. The second kappa shape index (κ2) is 12.4. The van der Waals surface area contributed by atoms with Gasteiger partial charge in [0.15, 0.2) is 0 Å². The summed E-state index contributed by atoms with van der Waals surface area (Å²) in [7, 11) is 0. The lowest BCUT2D eigenvalue weighted by Crippen LogP contribution is -2.51. The van der Waals surface area contributed by atoms with Crippen LogP contribution in [0.5, 0.6) is 0 Å². The second-order valence-electron chi connectivity index (χ2n) is 9.16. The van der Waals surface area contributed by atoms with Crippen molar-refractivity contribution in [3.8, 4) is 0 Å². The lowest BCUT2D eigenvalue weighted by molar-refractivity contribution is -0.140. The molecule has 0 unspecified atom stereocenters. The van der Waals surface area contributed by atoms with Crippen molar-refractivity contribution >= 4 is 23.4 Å². The molecule has 0 radical (unpaired) electrons. The van der Waals surface area contributed by atoms with E-state index in [2.05, 4.69) is 19.2 Å². The Balaban J connectivity index is 1.96. The van der Waals surface area contributed by atoms with Crippen LogP contribution in [0.1, 0.15) is 36.1 Å². The van der Waals surface area contributed by atoms with Crippen LogP contribution in [0.2, 0.25) is 5.02 Å². The Labute approximate surface area is 207 Å². The highest BCUT2D eigenvalue weighted by atomic mass is 35.5. The molecular weight excluding hydrogens is 444 g/mol. The first-order chi connectivity index (χ1) is 16.3. The fourth-order valence-corrected chi connectivity index (χ4v) is 4.12. The van der Waals surface area contributed by atoms with E-state index in [1.165, 1.54) is 0 Å². The van der Waals surface area contributed by atoms with Gasteiger partial charge in [-0.25, -0.2) is 0 Å². The Hall–Kier alpha value is -3.11. The van der Waals surface area contributed by atoms with Crippen LogP contribution in [0, 0.1) is 12.8 Å². The van der Waals surface area contributed by atoms with Crippen LogP contribution in [0.25, 0.3) is 0 Å². The van der Waals surface area contributed by atoms with Crippen molar-refractivity contribution in [1.82, 2.24) is 10.2 Å². The molecule has 0 aromatic heterocycles. The maximum Gasteiger partial charge on any atom is 0.243 e. The molecule has 0 bridgehead atoms. The van der Waals surface area contributed by atoms with Crippen molar-refractivity contribution < 1.29 is 9.59 Å². The number of aryl methyl sites for hydroxylation is 1. The van der Waals surface area contributed by atoms with Gasteiger partial charge in [0.05, 0.1) is 6.42 Å². The Morgan fingerprint density at radius 2 is 1.56 bits per heavy atom. The molecule has 178 valence electrons. The summed E-state index contributed by atoms with van der Waals surface area (Å²) in [5.41, 5.74) is 3.93. The summed E-state index contributed by atoms with van der Waals surface area (Å²) in [6.45, 7) is 6.98. The van der Waals surface area contributed by atoms with Crippen molar-refractivity contribution in [3.05, 3.63) is 106 Å². The van der Waals surface area contributed by atoms with E-state index in [0.717, 1.165) is 22.3 Å². The number of amides is 2. The van der Waals surface area contributed by atoms with E-state index in [0.29, 0.717) is 30.5 Å². The third-order valence-electron chi connectivity index (χ3n) is 5.64. The van der Waals surface area contributed by atoms with E-state index < -0.39 is 6.04 Å². The summed E-state index contributed by atoms with van der Waals surface area (Å²) in [5, 5.41) is 3.65. The molecule has 0 heterocycles. The van der Waals surface area contributed by atoms with Crippen LogP contribution in [-0.2, 0) is 29.0 Å². The minimum Gasteiger partial charge on any atom is -0.354 e. The van der Waals surface area contributed by atoms with Crippen LogP contribution in [0.15, 0.2) is 78.9 Å². The van der Waals surface area contributed by atoms with E-state index in [4.69, 9.17) is 11.6 Å². The van der Waals surface area contributed by atoms with Gasteiger partial charge in [0.1, 0.15) is 6.04 Å². The number of nitrogens with one attached hydrogen (secondary N) is 1. The summed E-state index contributed by atoms with van der Waals surface area (Å²) >= 11 is 6.23. The SMILES string of the molecule is Cc1cccc(CC(=O)N(Cc2cccc(Cl)c2)[C@H](Cc2ccccc2)C(=O)NCC(C)C)c1. The number of nitrogens with zero attached hydrogens (tertiary/aromatic N) is 1. The van der Waals surface area contributed by atoms with Crippen LogP contribution < -0.4 is 5.32 Å². The zero-order valence-electron chi connectivity index (χ0n) is 20.1. The smallest absolute Gasteiger partial charge is 0.243 e. The first-order valence-corrected chi connectivity index (χ1v) is 12.1. The van der Waals surface area contributed by atoms with Crippen molar-refractivity contribution in [2.24, 2.45) is 5.92 Å². The molecule has 3 aromatic rings. The van der Waals surface area contributed by atoms with Crippen molar-refractivity contribution in [2.45, 2.75) is 46.2 Å². The molecule has 4 nitrogen and oxygen atoms in total. The molecule has 2 amide bonds. The fraction of sp³-hybridized carbons (Fsp3) is 0.310. The Morgan fingerprint density at radius 1 is 0.882 bits per heavy atom. The molecule has 1 atom stereocenters. The summed E-state index contributed by atoms with van der Waals surface area (Å²) in [4.78, 5) is 28.8. The number of rotatable bonds is 10. The lowest BCUT2D eigenvalue weighted by Gasteiger charge is -2.32. The molecular formula is C29H33ClN2O2. The molecule has 3 aromatic carbocycles. The Morgan fingerprint density at radius 3 is 2.24 bits per heavy atom. The molecule has 3 rings (SSSR count). The van der Waals surface area contributed by atoms with Crippen molar-refractivity contribution in [1.29, 1.82) is 0 Å². The molecule has 34 heavy (non-hydrogen) atoms. The van der Waals surface area contributed by atoms with Crippen LogP contribution in [-0.4, -0.2) is 29.3 Å². The van der Waals surface area contributed by atoms with Gasteiger partial charge in [-0.15, -0.1) is 0 Å². The summed E-state index contributed by atoms with van der Waals surface area (Å²) in [6, 6.07) is 24.6. The zero-order valence-corrected chi connectivity index (χ0v) is 20.9. The second-order valence-corrected chi connectivity index (χ2v) is 9.60. The first-order valence-electron chi connectivity index (χ1n) is 11.7. The van der Waals surface area contributed by atoms with E-state index in [9.17, 15) is 9.59 Å². The molecule has 0 spiro atoms. The number of hydrogen-bond acceptors (Lipinski definition) is 2. The number of halogens is 1. The van der Waals surface area contributed by atoms with Gasteiger partial charge in [-0.3, -0.25) is 9.59 Å². The highest BCUT2D eigenvalue weighted by molar-refractivity contribution is 6.30. The lowest BCUT2D eigenvalue weighted by atomic mass is 10.0. The highest BCUT2D eigenvalue weighted by Gasteiger charge is 2.30. The fourth-order valence-electron chi connectivity index (χ4n) is 3.91. The van der Waals surface area contributed by atoms with Gasteiger partial charge in [-0.2, -0.15) is 0 Å². The molecule has 0 saturated carbocycles. The third kappa shape index (κ3) is 7.74. The van der Waals surface area contributed by atoms with Gasteiger partial charge in [0, 0.05) is 24.5 Å². The largest absolute Gasteiger partial charge is 0.354 e. The number of hydrogen-bond donors (Lipinski definition) is 1. The van der Waals surface area contributed by atoms with Gasteiger partial charge in [0.2, 0.25) is 11.8 Å². The van der Waals surface area contributed by atoms with Crippen molar-refractivity contribution in [2.75, 3.05) is 6.54 Å². The van der Waals surface area contributed by atoms with Gasteiger partial charge in [-0.05, 0) is 41.7 Å². The summed E-state index contributed by atoms with van der Waals surface area (Å²) in [6.07, 6.45) is 0.663. The number of carbonyl (C=O) groups excluding carboxylic acids is 2. The molecule has 0 aliphatic rings. The minimum atomic E-state index is -0.641. The number of benzene rings is 3. The van der Waals surface area contributed by atoms with Crippen LogP contribution >= 0.6 is 11.6 Å². The van der Waals surface area contributed by atoms with Crippen LogP contribution in [0.3, 0.4) is 0 Å². The summed E-state index contributed by atoms with van der Waals surface area (Å²) in [5.74, 6) is 0.0778. The molecule has 0 fully saturated rings. The van der Waals surface area contributed by atoms with Gasteiger partial charge < -0.3 is 10.2 Å². The topological polar surface area (TPSA) is 49.4 Å². The maximum atomic E-state index is 13.7. The van der Waals surface area contributed by atoms with E-state index in [-0.39, 0.29) is 18.2 Å². The van der Waals surface area contributed by atoms with E-state index in [1.807, 2.05) is 79.7 Å². The van der Waals surface area contributed by atoms with Crippen molar-refractivity contribution in [3.63, 3.8) is 0 Å². The van der Waals surface area contributed by atoms with Gasteiger partial charge in [-0.1, -0.05) is 97.7 Å². The molecule has 0 aliphatic heterocycles. The molecule has 0 saturated heterocycles. The van der Waals surface area contributed by atoms with Crippen LogP contribution in [0.4, 0.5) is 0 Å². The molecule has 0 aliphatic carbocycles. The predicted octanol–water partition coefficient (Wildman–Crippen LogP) is 5.60. The average molecular weight is 477 g/mol. The molecule has 1 N–H and O–H groups in total. The first kappa shape index (κ1) is 25.5. The van der Waals surface area contributed by atoms with E-state index >= 15 is 0 Å². The standard InChI is InChI=1S/C29H33ClN2O2/c1-21(2)19-31-29(34)27(17-23-10-5-4-6-11-23)32(20-25-13-8-14-26(30)16-25)28(33)18-24-12-7-9-22(3)15-24/h4-16,21,27H,17-20H2,1-3H3,(H,31,34)/t27-/m1/s1. The highest BCUT2D eigenvalue weighted by Crippen LogP contribution is 2.19.